The first-order chi connectivity index (χ1) is 15.7. The molecule has 1 atom stereocenters. The Labute approximate surface area is 196 Å². The smallest absolute Gasteiger partial charge is 0.300 e. The molecule has 7 heteroatoms. The maximum absolute atomic E-state index is 13.2. The van der Waals surface area contributed by atoms with E-state index in [1.165, 1.54) is 22.3 Å². The molecule has 3 aromatic rings. The Morgan fingerprint density at radius 2 is 1.88 bits per heavy atom. The van der Waals surface area contributed by atoms with Gasteiger partial charge in [0.05, 0.1) is 18.4 Å². The summed E-state index contributed by atoms with van der Waals surface area (Å²) in [5, 5.41) is 23.7. The molecule has 2 aromatic carbocycles. The Morgan fingerprint density at radius 1 is 1.12 bits per heavy atom. The van der Waals surface area contributed by atoms with E-state index in [1.807, 2.05) is 38.3 Å². The molecule has 33 heavy (non-hydrogen) atoms. The Kier molecular flexibility index (Phi) is 5.99. The number of aromatic hydroxyl groups is 1. The fourth-order valence-corrected chi connectivity index (χ4v) is 4.94. The van der Waals surface area contributed by atoms with Gasteiger partial charge in [0.1, 0.15) is 23.3 Å². The number of ether oxygens (including phenoxy) is 1. The molecule has 1 fully saturated rings. The van der Waals surface area contributed by atoms with Crippen molar-refractivity contribution >= 4 is 34.5 Å². The minimum absolute atomic E-state index is 0.0109. The van der Waals surface area contributed by atoms with Crippen LogP contribution in [0.25, 0.3) is 5.76 Å². The van der Waals surface area contributed by atoms with Crippen molar-refractivity contribution in [2.45, 2.75) is 32.7 Å². The minimum Gasteiger partial charge on any atom is -0.507 e. The lowest BCUT2D eigenvalue weighted by Gasteiger charge is -2.25. The van der Waals surface area contributed by atoms with Crippen LogP contribution in [0.1, 0.15) is 47.4 Å². The lowest BCUT2D eigenvalue weighted by molar-refractivity contribution is -0.132. The average Bonchev–Trinajstić information content (AvgIpc) is 3.41. The van der Waals surface area contributed by atoms with Gasteiger partial charge < -0.3 is 14.9 Å². The van der Waals surface area contributed by atoms with Crippen LogP contribution < -0.4 is 9.64 Å². The lowest BCUT2D eigenvalue weighted by Crippen LogP contribution is -2.29. The van der Waals surface area contributed by atoms with Crippen molar-refractivity contribution < 1.29 is 24.5 Å². The number of hydrogen-bond acceptors (Lipinski definition) is 6. The summed E-state index contributed by atoms with van der Waals surface area (Å²) in [6.45, 7) is 5.85. The van der Waals surface area contributed by atoms with Crippen molar-refractivity contribution in [3.05, 3.63) is 81.1 Å². The van der Waals surface area contributed by atoms with E-state index in [-0.39, 0.29) is 28.7 Å². The number of rotatable bonds is 5. The van der Waals surface area contributed by atoms with Crippen LogP contribution in [0.15, 0.2) is 59.5 Å². The first-order valence-corrected chi connectivity index (χ1v) is 11.4. The Morgan fingerprint density at radius 3 is 2.52 bits per heavy atom. The number of methoxy groups -OCH3 is 1. The monoisotopic (exact) mass is 463 g/mol. The molecule has 0 aliphatic carbocycles. The van der Waals surface area contributed by atoms with Crippen LogP contribution >= 0.6 is 11.3 Å². The summed E-state index contributed by atoms with van der Waals surface area (Å²) >= 11 is 1.37. The molecule has 2 heterocycles. The van der Waals surface area contributed by atoms with E-state index in [9.17, 15) is 19.8 Å². The second kappa shape index (κ2) is 8.75. The summed E-state index contributed by atoms with van der Waals surface area (Å²) in [6.07, 6.45) is 0. The van der Waals surface area contributed by atoms with Gasteiger partial charge in [0.2, 0.25) is 0 Å². The van der Waals surface area contributed by atoms with Gasteiger partial charge in [-0.25, -0.2) is 0 Å². The molecular formula is C26H25NO5S. The molecule has 0 spiro atoms. The van der Waals surface area contributed by atoms with Crippen LogP contribution in [-0.2, 0) is 9.59 Å². The molecule has 1 aliphatic heterocycles. The van der Waals surface area contributed by atoms with E-state index < -0.39 is 17.7 Å². The van der Waals surface area contributed by atoms with Gasteiger partial charge in [-0.3, -0.25) is 14.5 Å². The number of ketones is 1. The van der Waals surface area contributed by atoms with E-state index >= 15 is 0 Å². The van der Waals surface area contributed by atoms with Crippen molar-refractivity contribution in [2.24, 2.45) is 0 Å². The van der Waals surface area contributed by atoms with E-state index in [0.717, 1.165) is 11.1 Å². The standard InChI is InChI=1S/C26H25NO5S/c1-14(2)17-13-16(8-10-20(17)32-4)24(29)22-23(21-6-5-11-33-21)27(26(31)25(22)30)18-12-15(3)7-9-19(18)28/h5-14,23,28-29H,1-4H3/b24-22-. The number of thiophene rings is 1. The summed E-state index contributed by atoms with van der Waals surface area (Å²) in [4.78, 5) is 28.4. The summed E-state index contributed by atoms with van der Waals surface area (Å²) in [5.74, 6) is -1.17. The van der Waals surface area contributed by atoms with Gasteiger partial charge in [-0.1, -0.05) is 26.0 Å². The molecule has 1 saturated heterocycles. The predicted octanol–water partition coefficient (Wildman–Crippen LogP) is 5.52. The zero-order valence-corrected chi connectivity index (χ0v) is 19.6. The van der Waals surface area contributed by atoms with Crippen LogP contribution in [-0.4, -0.2) is 29.0 Å². The first kappa shape index (κ1) is 22.6. The number of carbonyl (C=O) groups is 2. The molecule has 0 radical (unpaired) electrons. The van der Waals surface area contributed by atoms with Crippen LogP contribution in [0.5, 0.6) is 11.5 Å². The second-order valence-corrected chi connectivity index (χ2v) is 9.27. The number of anilines is 1. The highest BCUT2D eigenvalue weighted by Gasteiger charge is 2.48. The molecular weight excluding hydrogens is 438 g/mol. The first-order valence-electron chi connectivity index (χ1n) is 10.6. The number of phenols is 1. The SMILES string of the molecule is COc1ccc(/C(O)=C2/C(=O)C(=O)N(c3cc(C)ccc3O)C2c2cccs2)cc1C(C)C. The Hall–Kier alpha value is -3.58. The second-order valence-electron chi connectivity index (χ2n) is 8.29. The topological polar surface area (TPSA) is 87.1 Å². The number of phenolic OH excluding ortho intramolecular Hbond substituents is 1. The average molecular weight is 464 g/mol. The molecule has 0 saturated carbocycles. The number of aliphatic hydroxyl groups is 1. The van der Waals surface area contributed by atoms with Crippen molar-refractivity contribution in [2.75, 3.05) is 12.0 Å². The minimum atomic E-state index is -0.859. The van der Waals surface area contributed by atoms with Crippen LogP contribution in [0.3, 0.4) is 0 Å². The molecule has 1 amide bonds. The van der Waals surface area contributed by atoms with Crippen LogP contribution in [0.4, 0.5) is 5.69 Å². The van der Waals surface area contributed by atoms with Gasteiger partial charge in [0, 0.05) is 10.4 Å². The molecule has 1 unspecified atom stereocenters. The predicted molar refractivity (Wildman–Crippen MR) is 129 cm³/mol. The maximum atomic E-state index is 13.2. The third kappa shape index (κ3) is 3.89. The van der Waals surface area contributed by atoms with E-state index in [4.69, 9.17) is 4.74 Å². The number of aliphatic hydroxyl groups excluding tert-OH is 1. The number of carbonyl (C=O) groups excluding carboxylic acids is 2. The highest BCUT2D eigenvalue weighted by Crippen LogP contribution is 2.46. The van der Waals surface area contributed by atoms with Crippen LogP contribution in [0.2, 0.25) is 0 Å². The third-order valence-corrected chi connectivity index (χ3v) is 6.70. The fraction of sp³-hybridized carbons (Fsp3) is 0.231. The summed E-state index contributed by atoms with van der Waals surface area (Å²) in [5.41, 5.74) is 2.34. The normalized spacial score (nSPS) is 17.7. The Balaban J connectivity index is 1.95. The van der Waals surface area contributed by atoms with Crippen LogP contribution in [0, 0.1) is 6.92 Å². The molecule has 0 bridgehead atoms. The van der Waals surface area contributed by atoms with Gasteiger partial charge in [-0.2, -0.15) is 0 Å². The van der Waals surface area contributed by atoms with Gasteiger partial charge in [-0.15, -0.1) is 11.3 Å². The van der Waals surface area contributed by atoms with E-state index in [1.54, 1.807) is 37.4 Å². The van der Waals surface area contributed by atoms with E-state index in [0.29, 0.717) is 16.2 Å². The van der Waals surface area contributed by atoms with Gasteiger partial charge in [0.25, 0.3) is 11.7 Å². The number of Topliss-reactive ketones (excluding diaryl/α,β-unsaturated/α-hetero) is 1. The molecule has 1 aromatic heterocycles. The van der Waals surface area contributed by atoms with E-state index in [2.05, 4.69) is 0 Å². The fourth-order valence-electron chi connectivity index (χ4n) is 4.11. The summed E-state index contributed by atoms with van der Waals surface area (Å²) in [6, 6.07) is 12.8. The van der Waals surface area contributed by atoms with Crippen molar-refractivity contribution in [1.82, 2.24) is 0 Å². The largest absolute Gasteiger partial charge is 0.507 e. The lowest BCUT2D eigenvalue weighted by atomic mass is 9.95. The zero-order chi connectivity index (χ0) is 23.9. The molecule has 4 rings (SSSR count). The molecule has 170 valence electrons. The number of aryl methyl sites for hydroxylation is 1. The van der Waals surface area contributed by atoms with Crippen molar-refractivity contribution in [1.29, 1.82) is 0 Å². The number of amides is 1. The third-order valence-electron chi connectivity index (χ3n) is 5.77. The summed E-state index contributed by atoms with van der Waals surface area (Å²) < 4.78 is 5.43. The number of nitrogens with zero attached hydrogens (tertiary/aromatic N) is 1. The number of benzene rings is 2. The zero-order valence-electron chi connectivity index (χ0n) is 18.8. The number of hydrogen-bond donors (Lipinski definition) is 2. The maximum Gasteiger partial charge on any atom is 0.300 e. The molecule has 2 N–H and O–H groups in total. The van der Waals surface area contributed by atoms with Gasteiger partial charge in [-0.05, 0) is 65.7 Å². The Bertz CT molecular complexity index is 1260. The summed E-state index contributed by atoms with van der Waals surface area (Å²) in [7, 11) is 1.58. The molecule has 1 aliphatic rings. The van der Waals surface area contributed by atoms with Crippen molar-refractivity contribution in [3.8, 4) is 11.5 Å². The highest BCUT2D eigenvalue weighted by atomic mass is 32.1. The van der Waals surface area contributed by atoms with Gasteiger partial charge >= 0.3 is 0 Å². The van der Waals surface area contributed by atoms with Crippen molar-refractivity contribution in [3.63, 3.8) is 0 Å². The van der Waals surface area contributed by atoms with Gasteiger partial charge in [0.15, 0.2) is 0 Å². The highest BCUT2D eigenvalue weighted by molar-refractivity contribution is 7.10. The quantitative estimate of drug-likeness (QED) is 0.296. The molecule has 6 nitrogen and oxygen atoms in total.